The summed E-state index contributed by atoms with van der Waals surface area (Å²) in [6.07, 6.45) is 0. The van der Waals surface area contributed by atoms with Gasteiger partial charge in [-0.15, -0.1) is 11.3 Å². The third kappa shape index (κ3) is 3.73. The number of phenols is 1. The van der Waals surface area contributed by atoms with Crippen LogP contribution in [0.2, 0.25) is 4.47 Å². The minimum atomic E-state index is -0.833. The van der Waals surface area contributed by atoms with E-state index >= 15 is 0 Å². The Hall–Kier alpha value is -1.33. The van der Waals surface area contributed by atoms with Gasteiger partial charge in [0, 0.05) is 6.92 Å². The van der Waals surface area contributed by atoms with Crippen LogP contribution in [0.1, 0.15) is 6.92 Å². The Morgan fingerprint density at radius 2 is 2.13 bits per heavy atom. The van der Waals surface area contributed by atoms with E-state index in [0.29, 0.717) is 4.47 Å². The van der Waals surface area contributed by atoms with Crippen molar-refractivity contribution < 1.29 is 15.0 Å². The highest BCUT2D eigenvalue weighted by Crippen LogP contribution is 2.27. The predicted octanol–water partition coefficient (Wildman–Crippen LogP) is 2.75. The number of halogens is 1. The molecule has 0 amide bonds. The van der Waals surface area contributed by atoms with E-state index in [1.165, 1.54) is 11.3 Å². The zero-order valence-corrected chi connectivity index (χ0v) is 9.34. The molecular weight excluding hydrogens is 238 g/mol. The van der Waals surface area contributed by atoms with Crippen molar-refractivity contribution in [3.05, 3.63) is 22.7 Å². The molecule has 0 spiro atoms. The first-order valence-electron chi connectivity index (χ1n) is 3.93. The minimum absolute atomic E-state index is 0.248. The highest BCUT2D eigenvalue weighted by molar-refractivity contribution is 7.22. The number of aliphatic carboxylic acids is 1. The number of benzene rings is 1. The van der Waals surface area contributed by atoms with Gasteiger partial charge in [0.2, 0.25) is 0 Å². The fraction of sp³-hybridized carbons (Fsp3) is 0.111. The third-order valence-electron chi connectivity index (χ3n) is 1.35. The zero-order valence-electron chi connectivity index (χ0n) is 7.77. The normalized spacial score (nSPS) is 9.47. The van der Waals surface area contributed by atoms with Crippen molar-refractivity contribution in [3.63, 3.8) is 0 Å². The largest absolute Gasteiger partial charge is 0.508 e. The lowest BCUT2D eigenvalue weighted by molar-refractivity contribution is -0.134. The lowest BCUT2D eigenvalue weighted by atomic mass is 10.3. The zero-order chi connectivity index (χ0) is 11.4. The van der Waals surface area contributed by atoms with Gasteiger partial charge in [-0.1, -0.05) is 11.6 Å². The smallest absolute Gasteiger partial charge is 0.300 e. The maximum atomic E-state index is 9.08. The second-order valence-corrected chi connectivity index (χ2v) is 4.25. The van der Waals surface area contributed by atoms with Crippen LogP contribution in [0.4, 0.5) is 0 Å². The molecule has 0 saturated carbocycles. The van der Waals surface area contributed by atoms with Crippen LogP contribution in [0.5, 0.6) is 5.75 Å². The summed E-state index contributed by atoms with van der Waals surface area (Å²) in [6.45, 7) is 1.08. The first-order valence-corrected chi connectivity index (χ1v) is 5.13. The van der Waals surface area contributed by atoms with E-state index in [1.807, 2.05) is 0 Å². The van der Waals surface area contributed by atoms with Crippen LogP contribution in [0, 0.1) is 0 Å². The van der Waals surface area contributed by atoms with Gasteiger partial charge in [0.05, 0.1) is 10.2 Å². The fourth-order valence-corrected chi connectivity index (χ4v) is 1.95. The van der Waals surface area contributed by atoms with Gasteiger partial charge in [-0.3, -0.25) is 4.79 Å². The summed E-state index contributed by atoms with van der Waals surface area (Å²) in [5.41, 5.74) is 0.831. The van der Waals surface area contributed by atoms with Gasteiger partial charge in [-0.05, 0) is 18.2 Å². The van der Waals surface area contributed by atoms with Gasteiger partial charge < -0.3 is 10.2 Å². The Balaban J connectivity index is 0.000000245. The maximum absolute atomic E-state index is 9.08. The molecule has 0 atom stereocenters. The van der Waals surface area contributed by atoms with Gasteiger partial charge >= 0.3 is 0 Å². The molecule has 0 aliphatic carbocycles. The first kappa shape index (κ1) is 11.7. The van der Waals surface area contributed by atoms with E-state index in [0.717, 1.165) is 17.1 Å². The number of aromatic nitrogens is 1. The summed E-state index contributed by atoms with van der Waals surface area (Å²) in [6, 6.07) is 4.99. The molecule has 1 heterocycles. The van der Waals surface area contributed by atoms with Gasteiger partial charge in [0.15, 0.2) is 4.47 Å². The number of phenolic OH excluding ortho intramolecular Hbond substituents is 1. The molecule has 6 heteroatoms. The summed E-state index contributed by atoms with van der Waals surface area (Å²) in [5, 5.41) is 16.5. The predicted molar refractivity (Wildman–Crippen MR) is 59.6 cm³/mol. The Labute approximate surface area is 94.8 Å². The number of thiazole rings is 1. The van der Waals surface area contributed by atoms with Crippen molar-refractivity contribution in [3.8, 4) is 5.75 Å². The number of hydrogen-bond acceptors (Lipinski definition) is 4. The van der Waals surface area contributed by atoms with Gasteiger partial charge in [-0.2, -0.15) is 0 Å². The molecule has 0 aliphatic heterocycles. The maximum Gasteiger partial charge on any atom is 0.300 e. The molecule has 2 rings (SSSR count). The number of carboxylic acid groups (broad SMARTS) is 1. The average Bonchev–Trinajstić information content (AvgIpc) is 2.42. The summed E-state index contributed by atoms with van der Waals surface area (Å²) < 4.78 is 1.42. The van der Waals surface area contributed by atoms with Crippen molar-refractivity contribution in [2.75, 3.05) is 0 Å². The fourth-order valence-electron chi connectivity index (χ4n) is 0.885. The highest BCUT2D eigenvalue weighted by atomic mass is 35.5. The summed E-state index contributed by atoms with van der Waals surface area (Å²) in [5.74, 6) is -0.585. The lowest BCUT2D eigenvalue weighted by Gasteiger charge is -1.87. The Bertz CT molecular complexity index is 479. The number of rotatable bonds is 0. The molecule has 1 aromatic heterocycles. The average molecular weight is 246 g/mol. The highest BCUT2D eigenvalue weighted by Gasteiger charge is 2.00. The monoisotopic (exact) mass is 245 g/mol. The van der Waals surface area contributed by atoms with Crippen LogP contribution in [0.25, 0.3) is 10.2 Å². The lowest BCUT2D eigenvalue weighted by Crippen LogP contribution is -1.78. The molecule has 0 saturated heterocycles. The number of aromatic hydroxyl groups is 1. The molecule has 80 valence electrons. The molecule has 2 aromatic rings. The van der Waals surface area contributed by atoms with E-state index in [9.17, 15) is 0 Å². The molecule has 4 nitrogen and oxygen atoms in total. The number of carboxylic acids is 1. The van der Waals surface area contributed by atoms with E-state index in [2.05, 4.69) is 4.98 Å². The van der Waals surface area contributed by atoms with Crippen LogP contribution in [-0.4, -0.2) is 21.2 Å². The Morgan fingerprint density at radius 3 is 2.73 bits per heavy atom. The molecule has 0 radical (unpaired) electrons. The number of hydrogen-bond donors (Lipinski definition) is 2. The first-order chi connectivity index (χ1) is 6.99. The van der Waals surface area contributed by atoms with Crippen molar-refractivity contribution in [1.29, 1.82) is 0 Å². The SMILES string of the molecule is CC(=O)O.Oc1ccc2nc(Cl)sc2c1. The van der Waals surface area contributed by atoms with E-state index < -0.39 is 5.97 Å². The standard InChI is InChI=1S/C7H4ClNOS.C2H4O2/c8-7-9-5-2-1-4(10)3-6(5)11-7;1-2(3)4/h1-3,10H;1H3,(H,3,4). The summed E-state index contributed by atoms with van der Waals surface area (Å²) in [4.78, 5) is 13.0. The van der Waals surface area contributed by atoms with Crippen LogP contribution >= 0.6 is 22.9 Å². The molecule has 0 aliphatic rings. The van der Waals surface area contributed by atoms with Crippen molar-refractivity contribution in [1.82, 2.24) is 4.98 Å². The Morgan fingerprint density at radius 1 is 1.53 bits per heavy atom. The molecule has 0 fully saturated rings. The second-order valence-electron chi connectivity index (χ2n) is 2.64. The van der Waals surface area contributed by atoms with Crippen molar-refractivity contribution >= 4 is 39.1 Å². The molecular formula is C9H8ClNO3S. The summed E-state index contributed by atoms with van der Waals surface area (Å²) >= 11 is 7.02. The van der Waals surface area contributed by atoms with E-state index in [4.69, 9.17) is 26.6 Å². The molecule has 15 heavy (non-hydrogen) atoms. The van der Waals surface area contributed by atoms with Crippen LogP contribution in [0.15, 0.2) is 18.2 Å². The van der Waals surface area contributed by atoms with Gasteiger partial charge in [0.1, 0.15) is 5.75 Å². The second kappa shape index (κ2) is 4.95. The molecule has 1 aromatic carbocycles. The minimum Gasteiger partial charge on any atom is -0.508 e. The quantitative estimate of drug-likeness (QED) is 0.749. The third-order valence-corrected chi connectivity index (χ3v) is 2.47. The van der Waals surface area contributed by atoms with Crippen molar-refractivity contribution in [2.24, 2.45) is 0 Å². The van der Waals surface area contributed by atoms with Gasteiger partial charge in [0.25, 0.3) is 5.97 Å². The van der Waals surface area contributed by atoms with Crippen LogP contribution < -0.4 is 0 Å². The molecule has 0 bridgehead atoms. The number of carbonyl (C=O) groups is 1. The van der Waals surface area contributed by atoms with E-state index in [-0.39, 0.29) is 5.75 Å². The summed E-state index contributed by atoms with van der Waals surface area (Å²) in [7, 11) is 0. The Kier molecular flexibility index (Phi) is 3.88. The topological polar surface area (TPSA) is 70.4 Å². The number of nitrogens with zero attached hydrogens (tertiary/aromatic N) is 1. The molecule has 0 unspecified atom stereocenters. The van der Waals surface area contributed by atoms with Crippen LogP contribution in [0.3, 0.4) is 0 Å². The molecule has 2 N–H and O–H groups in total. The van der Waals surface area contributed by atoms with Crippen LogP contribution in [-0.2, 0) is 4.79 Å². The van der Waals surface area contributed by atoms with Gasteiger partial charge in [-0.25, -0.2) is 4.98 Å². The number of fused-ring (bicyclic) bond motifs is 1. The van der Waals surface area contributed by atoms with Crippen molar-refractivity contribution in [2.45, 2.75) is 6.92 Å². The van der Waals surface area contributed by atoms with E-state index in [1.54, 1.807) is 18.2 Å².